The normalized spacial score (nSPS) is 18.6. The molecule has 0 aromatic rings. The van der Waals surface area contributed by atoms with Gasteiger partial charge in [-0.05, 0) is 25.7 Å². The summed E-state index contributed by atoms with van der Waals surface area (Å²) in [5.41, 5.74) is 0. The van der Waals surface area contributed by atoms with E-state index >= 15 is 0 Å². The fourth-order valence-electron chi connectivity index (χ4n) is 1.72. The van der Waals surface area contributed by atoms with Crippen molar-refractivity contribution in [2.24, 2.45) is 5.92 Å². The lowest BCUT2D eigenvalue weighted by Gasteiger charge is -2.30. The Labute approximate surface area is 86.4 Å². The summed E-state index contributed by atoms with van der Waals surface area (Å²) in [6.45, 7) is 7.35. The number of carbonyl (C=O) groups is 1. The summed E-state index contributed by atoms with van der Waals surface area (Å²) in [6, 6.07) is 0. The standard InChI is InChI=1S/C11H21NO2/c1-3-14-9-6-11(13)12-7-4-10(2)5-8-12/h10H,3-9H2,1-2H3. The van der Waals surface area contributed by atoms with Crippen LogP contribution in [0.4, 0.5) is 0 Å². The number of likely N-dealkylation sites (tertiary alicyclic amines) is 1. The van der Waals surface area contributed by atoms with Gasteiger partial charge in [-0.15, -0.1) is 0 Å². The number of carbonyl (C=O) groups excluding carboxylic acids is 1. The molecule has 0 spiro atoms. The van der Waals surface area contributed by atoms with Crippen LogP contribution in [0, 0.1) is 5.92 Å². The summed E-state index contributed by atoms with van der Waals surface area (Å²) in [5, 5.41) is 0. The highest BCUT2D eigenvalue weighted by Crippen LogP contribution is 2.16. The molecule has 1 rings (SSSR count). The Bertz CT molecular complexity index is 174. The molecule has 1 aliphatic heterocycles. The number of ether oxygens (including phenoxy) is 1. The molecule has 0 bridgehead atoms. The van der Waals surface area contributed by atoms with Crippen molar-refractivity contribution in [3.05, 3.63) is 0 Å². The van der Waals surface area contributed by atoms with Crippen LogP contribution in [-0.2, 0) is 9.53 Å². The first-order chi connectivity index (χ1) is 6.74. The van der Waals surface area contributed by atoms with Crippen LogP contribution >= 0.6 is 0 Å². The van der Waals surface area contributed by atoms with Crippen molar-refractivity contribution < 1.29 is 9.53 Å². The van der Waals surface area contributed by atoms with Gasteiger partial charge >= 0.3 is 0 Å². The van der Waals surface area contributed by atoms with Gasteiger partial charge in [-0.2, -0.15) is 0 Å². The first-order valence-corrected chi connectivity index (χ1v) is 5.59. The second-order valence-corrected chi connectivity index (χ2v) is 4.01. The molecule has 0 saturated carbocycles. The fraction of sp³-hybridized carbons (Fsp3) is 0.909. The molecule has 3 heteroatoms. The summed E-state index contributed by atoms with van der Waals surface area (Å²) >= 11 is 0. The Morgan fingerprint density at radius 2 is 2.07 bits per heavy atom. The van der Waals surface area contributed by atoms with Crippen LogP contribution in [0.3, 0.4) is 0 Å². The van der Waals surface area contributed by atoms with E-state index in [4.69, 9.17) is 4.74 Å². The predicted molar refractivity (Wildman–Crippen MR) is 56.1 cm³/mol. The number of hydrogen-bond acceptors (Lipinski definition) is 2. The summed E-state index contributed by atoms with van der Waals surface area (Å²) in [5.74, 6) is 1.04. The van der Waals surface area contributed by atoms with Crippen LogP contribution in [0.2, 0.25) is 0 Å². The van der Waals surface area contributed by atoms with E-state index in [-0.39, 0.29) is 5.91 Å². The van der Waals surface area contributed by atoms with Crippen LogP contribution in [0.1, 0.15) is 33.1 Å². The van der Waals surface area contributed by atoms with Gasteiger partial charge in [0.15, 0.2) is 0 Å². The Morgan fingerprint density at radius 1 is 1.43 bits per heavy atom. The maximum Gasteiger partial charge on any atom is 0.224 e. The van der Waals surface area contributed by atoms with Crippen LogP contribution in [0.15, 0.2) is 0 Å². The summed E-state index contributed by atoms with van der Waals surface area (Å²) in [4.78, 5) is 13.6. The van der Waals surface area contributed by atoms with Crippen molar-refractivity contribution in [1.29, 1.82) is 0 Å². The molecule has 1 heterocycles. The molecule has 1 saturated heterocycles. The van der Waals surface area contributed by atoms with Gasteiger partial charge in [0.2, 0.25) is 5.91 Å². The minimum atomic E-state index is 0.255. The molecule has 0 radical (unpaired) electrons. The van der Waals surface area contributed by atoms with Crippen molar-refractivity contribution in [2.45, 2.75) is 33.1 Å². The third-order valence-electron chi connectivity index (χ3n) is 2.80. The molecular formula is C11H21NO2. The van der Waals surface area contributed by atoms with E-state index in [0.717, 1.165) is 31.8 Å². The number of piperidine rings is 1. The molecule has 1 amide bonds. The highest BCUT2D eigenvalue weighted by molar-refractivity contribution is 5.76. The molecule has 14 heavy (non-hydrogen) atoms. The molecule has 3 nitrogen and oxygen atoms in total. The zero-order chi connectivity index (χ0) is 10.4. The van der Waals surface area contributed by atoms with Gasteiger partial charge in [-0.25, -0.2) is 0 Å². The third kappa shape index (κ3) is 3.66. The zero-order valence-electron chi connectivity index (χ0n) is 9.29. The molecule has 0 aliphatic carbocycles. The summed E-state index contributed by atoms with van der Waals surface area (Å²) in [7, 11) is 0. The quantitative estimate of drug-likeness (QED) is 0.645. The van der Waals surface area contributed by atoms with E-state index in [1.54, 1.807) is 0 Å². The van der Waals surface area contributed by atoms with Gasteiger partial charge in [0, 0.05) is 19.7 Å². The monoisotopic (exact) mass is 199 g/mol. The summed E-state index contributed by atoms with van der Waals surface area (Å²) < 4.78 is 5.17. The summed E-state index contributed by atoms with van der Waals surface area (Å²) in [6.07, 6.45) is 2.85. The largest absolute Gasteiger partial charge is 0.381 e. The minimum Gasteiger partial charge on any atom is -0.381 e. The van der Waals surface area contributed by atoms with Crippen molar-refractivity contribution in [3.8, 4) is 0 Å². The second-order valence-electron chi connectivity index (χ2n) is 4.01. The number of rotatable bonds is 4. The molecule has 0 N–H and O–H groups in total. The van der Waals surface area contributed by atoms with E-state index in [1.165, 1.54) is 0 Å². The third-order valence-corrected chi connectivity index (χ3v) is 2.80. The fourth-order valence-corrected chi connectivity index (χ4v) is 1.72. The lowest BCUT2D eigenvalue weighted by molar-refractivity contribution is -0.133. The van der Waals surface area contributed by atoms with Gasteiger partial charge in [0.1, 0.15) is 0 Å². The van der Waals surface area contributed by atoms with Crippen molar-refractivity contribution in [2.75, 3.05) is 26.3 Å². The zero-order valence-corrected chi connectivity index (χ0v) is 9.29. The minimum absolute atomic E-state index is 0.255. The average Bonchev–Trinajstić information content (AvgIpc) is 2.19. The van der Waals surface area contributed by atoms with Crippen molar-refractivity contribution in [1.82, 2.24) is 4.90 Å². The Kier molecular flexibility index (Phi) is 4.94. The first kappa shape index (κ1) is 11.5. The molecule has 0 aromatic carbocycles. The Hall–Kier alpha value is -0.570. The maximum absolute atomic E-state index is 11.6. The van der Waals surface area contributed by atoms with Gasteiger partial charge in [-0.1, -0.05) is 6.92 Å². The predicted octanol–water partition coefficient (Wildman–Crippen LogP) is 1.67. The molecular weight excluding hydrogens is 178 g/mol. The highest BCUT2D eigenvalue weighted by Gasteiger charge is 2.19. The number of hydrogen-bond donors (Lipinski definition) is 0. The van der Waals surface area contributed by atoms with E-state index in [9.17, 15) is 4.79 Å². The van der Waals surface area contributed by atoms with Crippen LogP contribution in [0.25, 0.3) is 0 Å². The van der Waals surface area contributed by atoms with Crippen LogP contribution in [-0.4, -0.2) is 37.1 Å². The first-order valence-electron chi connectivity index (χ1n) is 5.59. The Balaban J connectivity index is 2.17. The molecule has 82 valence electrons. The van der Waals surface area contributed by atoms with Crippen LogP contribution in [0.5, 0.6) is 0 Å². The van der Waals surface area contributed by atoms with Gasteiger partial charge < -0.3 is 9.64 Å². The van der Waals surface area contributed by atoms with Crippen LogP contribution < -0.4 is 0 Å². The SMILES string of the molecule is CCOCCC(=O)N1CCC(C)CC1. The molecule has 0 unspecified atom stereocenters. The topological polar surface area (TPSA) is 29.5 Å². The van der Waals surface area contributed by atoms with E-state index in [0.29, 0.717) is 19.6 Å². The molecule has 1 aliphatic rings. The van der Waals surface area contributed by atoms with Gasteiger partial charge in [0.25, 0.3) is 0 Å². The average molecular weight is 199 g/mol. The smallest absolute Gasteiger partial charge is 0.224 e. The second kappa shape index (κ2) is 6.02. The molecule has 1 fully saturated rings. The molecule has 0 atom stereocenters. The van der Waals surface area contributed by atoms with E-state index in [2.05, 4.69) is 6.92 Å². The van der Waals surface area contributed by atoms with Crippen molar-refractivity contribution >= 4 is 5.91 Å². The van der Waals surface area contributed by atoms with Gasteiger partial charge in [-0.3, -0.25) is 4.79 Å². The Morgan fingerprint density at radius 3 is 2.64 bits per heavy atom. The highest BCUT2D eigenvalue weighted by atomic mass is 16.5. The van der Waals surface area contributed by atoms with Crippen molar-refractivity contribution in [3.63, 3.8) is 0 Å². The lowest BCUT2D eigenvalue weighted by atomic mass is 9.99. The molecule has 0 aromatic heterocycles. The van der Waals surface area contributed by atoms with Gasteiger partial charge in [0.05, 0.1) is 13.0 Å². The van der Waals surface area contributed by atoms with E-state index in [1.807, 2.05) is 11.8 Å². The number of amides is 1. The van der Waals surface area contributed by atoms with E-state index < -0.39 is 0 Å². The lowest BCUT2D eigenvalue weighted by Crippen LogP contribution is -2.38. The maximum atomic E-state index is 11.6. The number of nitrogens with zero attached hydrogens (tertiary/aromatic N) is 1.